The molecule has 1 heterocycles. The van der Waals surface area contributed by atoms with Gasteiger partial charge in [0.2, 0.25) is 17.7 Å². The minimum Gasteiger partial charge on any atom is -0.481 e. The second-order valence-electron chi connectivity index (χ2n) is 16.7. The zero-order chi connectivity index (χ0) is 47.1. The monoisotopic (exact) mass is 907 g/mol. The number of aliphatic carboxylic acids is 1. The van der Waals surface area contributed by atoms with Crippen molar-refractivity contribution in [1.29, 1.82) is 0 Å². The van der Waals surface area contributed by atoms with Crippen molar-refractivity contribution in [3.8, 4) is 11.1 Å². The van der Waals surface area contributed by atoms with E-state index in [0.717, 1.165) is 70.9 Å². The van der Waals surface area contributed by atoms with Crippen LogP contribution in [-0.4, -0.2) is 124 Å². The van der Waals surface area contributed by atoms with Crippen LogP contribution in [0.25, 0.3) is 22.0 Å². The van der Waals surface area contributed by atoms with Crippen molar-refractivity contribution in [2.75, 3.05) is 60.2 Å². The Kier molecular flexibility index (Phi) is 21.5. The molecule has 16 heteroatoms. The molecule has 0 saturated heterocycles. The molecular weight excluding hydrogens is 839 g/mol. The molecule has 0 unspecified atom stereocenters. The van der Waals surface area contributed by atoms with Crippen molar-refractivity contribution in [2.24, 2.45) is 0 Å². The van der Waals surface area contributed by atoms with Gasteiger partial charge in [0.15, 0.2) is 0 Å². The first-order valence-corrected chi connectivity index (χ1v) is 23.3. The first-order chi connectivity index (χ1) is 32.1. The van der Waals surface area contributed by atoms with Gasteiger partial charge >= 0.3 is 12.1 Å². The highest BCUT2D eigenvalue weighted by Crippen LogP contribution is 2.44. The highest BCUT2D eigenvalue weighted by Gasteiger charge is 2.30. The van der Waals surface area contributed by atoms with Crippen molar-refractivity contribution < 1.29 is 43.3 Å². The van der Waals surface area contributed by atoms with Gasteiger partial charge in [-0.3, -0.25) is 19.2 Å². The molecule has 1 aromatic heterocycles. The van der Waals surface area contributed by atoms with Gasteiger partial charge in [-0.15, -0.1) is 0 Å². The normalized spacial score (nSPS) is 12.4. The van der Waals surface area contributed by atoms with Crippen LogP contribution >= 0.6 is 0 Å². The van der Waals surface area contributed by atoms with Gasteiger partial charge in [0, 0.05) is 70.1 Å². The van der Waals surface area contributed by atoms with Crippen LogP contribution in [0, 0.1) is 0 Å². The maximum Gasteiger partial charge on any atom is 0.424 e. The number of unbranched alkanes of at least 4 members (excludes halogenated alkanes) is 6. The molecule has 0 spiro atoms. The molecule has 1 aliphatic carbocycles. The van der Waals surface area contributed by atoms with E-state index in [-0.39, 0.29) is 64.0 Å². The number of nitrogens with zero attached hydrogens (tertiary/aromatic N) is 3. The van der Waals surface area contributed by atoms with E-state index >= 15 is 0 Å². The summed E-state index contributed by atoms with van der Waals surface area (Å²) in [7, 11) is 8.97. The fourth-order valence-electron chi connectivity index (χ4n) is 8.20. The number of amides is 4. The Hall–Kier alpha value is -5.71. The summed E-state index contributed by atoms with van der Waals surface area (Å²) in [6.07, 6.45) is 8.06. The molecular formula is C50H67BN6O9. The summed E-state index contributed by atoms with van der Waals surface area (Å²) in [5.74, 6) is -2.05. The third-order valence-corrected chi connectivity index (χ3v) is 11.9. The number of carboxylic acids is 1. The molecule has 15 nitrogen and oxygen atoms in total. The van der Waals surface area contributed by atoms with Crippen LogP contribution in [0.5, 0.6) is 0 Å². The molecule has 1 atom stereocenters. The lowest BCUT2D eigenvalue weighted by Gasteiger charge is -2.28. The largest absolute Gasteiger partial charge is 0.481 e. The van der Waals surface area contributed by atoms with Crippen LogP contribution in [0.2, 0.25) is 6.32 Å². The van der Waals surface area contributed by atoms with Gasteiger partial charge in [-0.1, -0.05) is 112 Å². The summed E-state index contributed by atoms with van der Waals surface area (Å²) in [5.41, 5.74) is 6.31. The number of nitrogens with one attached hydrogen (secondary N) is 3. The molecule has 354 valence electrons. The number of fused-ring (bicyclic) bond motifs is 4. The topological polar surface area (TPSA) is 181 Å². The van der Waals surface area contributed by atoms with Crippen LogP contribution < -0.4 is 16.0 Å². The number of hydrazine groups is 1. The molecule has 1 aliphatic rings. The van der Waals surface area contributed by atoms with E-state index in [1.165, 1.54) is 24.3 Å². The smallest absolute Gasteiger partial charge is 0.424 e. The minimum absolute atomic E-state index is 0.0114. The van der Waals surface area contributed by atoms with E-state index in [0.29, 0.717) is 32.7 Å². The molecule has 0 aliphatic heterocycles. The Balaban J connectivity index is 1.02. The zero-order valence-electron chi connectivity index (χ0n) is 38.6. The number of carboxylic acid groups (broad SMARTS) is 1. The predicted octanol–water partition coefficient (Wildman–Crippen LogP) is 6.58. The fourth-order valence-corrected chi connectivity index (χ4v) is 8.20. The van der Waals surface area contributed by atoms with Crippen molar-refractivity contribution >= 4 is 48.5 Å². The standard InChI is InChI=1S/C50H67BN6O9/c1-55(56(2)50(63)66-36-43-41-19-12-10-17-39(41)40-18-11-13-20-42(40)43)35-38-34-37-16-9-14-21-45(37)57(38)29-25-47(59)54-44(23-24-48(60)61)49(62)53-28-31-65-33-32-64-30-27-52-46(58)22-8-6-4-3-5-7-15-26-51/h9-14,16-21,34,43-44H,3-8,15,22-33,35-36H2,1-2H3,(H,52,58)(H,53,62)(H,54,59)(H,60,61)/t44-/m0/s1. The van der Waals surface area contributed by atoms with Crippen LogP contribution in [0.3, 0.4) is 0 Å². The number of rotatable bonds is 31. The Morgan fingerprint density at radius 1 is 0.727 bits per heavy atom. The van der Waals surface area contributed by atoms with Crippen molar-refractivity contribution in [2.45, 2.75) is 102 Å². The number of carbonyl (C=O) groups excluding carboxylic acids is 4. The highest BCUT2D eigenvalue weighted by molar-refractivity contribution is 6.08. The molecule has 4 aromatic rings. The van der Waals surface area contributed by atoms with Crippen LogP contribution in [-0.2, 0) is 46.5 Å². The summed E-state index contributed by atoms with van der Waals surface area (Å²) in [5, 5.41) is 21.8. The van der Waals surface area contributed by atoms with Crippen molar-refractivity contribution in [3.63, 3.8) is 0 Å². The summed E-state index contributed by atoms with van der Waals surface area (Å²) in [6.45, 7) is 2.50. The van der Waals surface area contributed by atoms with E-state index in [4.69, 9.17) is 22.1 Å². The first-order valence-electron chi connectivity index (χ1n) is 23.3. The molecule has 3 aromatic carbocycles. The number of carbonyl (C=O) groups is 5. The molecule has 5 rings (SSSR count). The second-order valence-corrected chi connectivity index (χ2v) is 16.7. The van der Waals surface area contributed by atoms with E-state index < -0.39 is 29.9 Å². The van der Waals surface area contributed by atoms with E-state index in [1.54, 1.807) is 19.1 Å². The van der Waals surface area contributed by atoms with Gasteiger partial charge in [0.25, 0.3) is 0 Å². The fraction of sp³-hybridized carbons (Fsp3) is 0.500. The number of hydrogen-bond donors (Lipinski definition) is 4. The average Bonchev–Trinajstić information content (AvgIpc) is 3.83. The third-order valence-electron chi connectivity index (χ3n) is 11.9. The summed E-state index contributed by atoms with van der Waals surface area (Å²) in [6, 6.07) is 25.1. The van der Waals surface area contributed by atoms with Gasteiger partial charge < -0.3 is 39.8 Å². The minimum atomic E-state index is -1.08. The van der Waals surface area contributed by atoms with Crippen LogP contribution in [0.1, 0.15) is 93.4 Å². The number of aromatic nitrogens is 1. The van der Waals surface area contributed by atoms with Crippen LogP contribution in [0.4, 0.5) is 4.79 Å². The highest BCUT2D eigenvalue weighted by atomic mass is 16.6. The maximum absolute atomic E-state index is 13.4. The molecule has 66 heavy (non-hydrogen) atoms. The molecule has 4 amide bonds. The zero-order valence-corrected chi connectivity index (χ0v) is 38.6. The maximum atomic E-state index is 13.4. The van der Waals surface area contributed by atoms with Gasteiger partial charge in [-0.05, 0) is 52.6 Å². The van der Waals surface area contributed by atoms with Gasteiger partial charge in [-0.25, -0.2) is 14.8 Å². The Bertz CT molecular complexity index is 2140. The Morgan fingerprint density at radius 3 is 2.00 bits per heavy atom. The lowest BCUT2D eigenvalue weighted by atomic mass is 9.98. The number of hydrogen-bond acceptors (Lipinski definition) is 9. The average molecular weight is 907 g/mol. The van der Waals surface area contributed by atoms with Crippen molar-refractivity contribution in [3.05, 3.63) is 95.7 Å². The predicted molar refractivity (Wildman–Crippen MR) is 255 cm³/mol. The summed E-state index contributed by atoms with van der Waals surface area (Å²) >= 11 is 0. The molecule has 0 saturated carbocycles. The van der Waals surface area contributed by atoms with E-state index in [9.17, 15) is 29.1 Å². The number of benzene rings is 3. The summed E-state index contributed by atoms with van der Waals surface area (Å²) < 4.78 is 19.0. The lowest BCUT2D eigenvalue weighted by molar-refractivity contribution is -0.138. The lowest BCUT2D eigenvalue weighted by Crippen LogP contribution is -2.47. The molecule has 0 fully saturated rings. The number of para-hydroxylation sites is 1. The first kappa shape index (κ1) is 51.3. The second kappa shape index (κ2) is 27.7. The molecule has 4 N–H and O–H groups in total. The van der Waals surface area contributed by atoms with E-state index in [2.05, 4.69) is 40.2 Å². The quantitative estimate of drug-likeness (QED) is 0.0245. The van der Waals surface area contributed by atoms with E-state index in [1.807, 2.05) is 59.2 Å². The van der Waals surface area contributed by atoms with Gasteiger partial charge in [-0.2, -0.15) is 0 Å². The summed E-state index contributed by atoms with van der Waals surface area (Å²) in [4.78, 5) is 63.4. The van der Waals surface area contributed by atoms with Crippen LogP contribution in [0.15, 0.2) is 78.9 Å². The molecule has 2 radical (unpaired) electrons. The SMILES string of the molecule is [B]CCCCCCCCCC(=O)NCCOCCOCCNC(=O)[C@H](CCC(=O)O)NC(=O)CCn1c(CN(C)N(C)C(=O)OCC2c3ccccc3-c3ccccc32)cc2ccccc21. The van der Waals surface area contributed by atoms with Gasteiger partial charge in [0.1, 0.15) is 12.6 Å². The molecule has 0 bridgehead atoms. The Morgan fingerprint density at radius 2 is 1.33 bits per heavy atom. The number of ether oxygens (including phenoxy) is 3. The Labute approximate surface area is 390 Å². The van der Waals surface area contributed by atoms with Gasteiger partial charge in [0.05, 0.1) is 40.8 Å². The number of aryl methyl sites for hydroxylation is 1. The third kappa shape index (κ3) is 16.0. The van der Waals surface area contributed by atoms with Crippen molar-refractivity contribution in [1.82, 2.24) is 30.5 Å².